The maximum Gasteiger partial charge on any atom is 0.124 e. The maximum atomic E-state index is 5.55. The zero-order chi connectivity index (χ0) is 15.4. The highest BCUT2D eigenvalue weighted by atomic mass is 32.1. The van der Waals surface area contributed by atoms with Gasteiger partial charge in [0.15, 0.2) is 0 Å². The summed E-state index contributed by atoms with van der Waals surface area (Å²) in [4.78, 5) is 2.66. The molecule has 0 radical (unpaired) electrons. The highest BCUT2D eigenvalue weighted by molar-refractivity contribution is 7.12. The van der Waals surface area contributed by atoms with Gasteiger partial charge in [0.25, 0.3) is 0 Å². The molecule has 0 aliphatic heterocycles. The molecule has 0 saturated heterocycles. The Morgan fingerprint density at radius 3 is 2.43 bits per heavy atom. The van der Waals surface area contributed by atoms with Crippen LogP contribution in [0.25, 0.3) is 0 Å². The maximum absolute atomic E-state index is 5.55. The average molecular weight is 305 g/mol. The quantitative estimate of drug-likeness (QED) is 0.872. The van der Waals surface area contributed by atoms with Crippen molar-refractivity contribution in [3.05, 3.63) is 45.1 Å². The molecule has 0 fully saturated rings. The summed E-state index contributed by atoms with van der Waals surface area (Å²) in [7, 11) is 3.40. The fourth-order valence-electron chi connectivity index (χ4n) is 2.56. The second kappa shape index (κ2) is 6.96. The van der Waals surface area contributed by atoms with Crippen molar-refractivity contribution in [1.29, 1.82) is 0 Å². The Balaban J connectivity index is 2.54. The van der Waals surface area contributed by atoms with Gasteiger partial charge < -0.3 is 14.8 Å². The van der Waals surface area contributed by atoms with Crippen LogP contribution in [-0.2, 0) is 0 Å². The van der Waals surface area contributed by atoms with Gasteiger partial charge in [-0.15, -0.1) is 11.3 Å². The first-order valence-corrected chi connectivity index (χ1v) is 7.94. The van der Waals surface area contributed by atoms with Gasteiger partial charge >= 0.3 is 0 Å². The van der Waals surface area contributed by atoms with Crippen molar-refractivity contribution in [2.45, 2.75) is 26.8 Å². The SMILES string of the molecule is CCNC(c1cc(OC)ccc1OC)c1sc(C)cc1C. The molecule has 3 nitrogen and oxygen atoms in total. The van der Waals surface area contributed by atoms with Crippen LogP contribution in [0, 0.1) is 13.8 Å². The Hall–Kier alpha value is -1.52. The number of hydrogen-bond acceptors (Lipinski definition) is 4. The monoisotopic (exact) mass is 305 g/mol. The van der Waals surface area contributed by atoms with Crippen molar-refractivity contribution in [3.63, 3.8) is 0 Å². The minimum atomic E-state index is 0.124. The molecule has 1 unspecified atom stereocenters. The third-order valence-corrected chi connectivity index (χ3v) is 4.72. The van der Waals surface area contributed by atoms with Gasteiger partial charge in [0, 0.05) is 15.3 Å². The van der Waals surface area contributed by atoms with Gasteiger partial charge in [-0.25, -0.2) is 0 Å². The molecule has 0 aliphatic rings. The molecule has 1 aromatic heterocycles. The van der Waals surface area contributed by atoms with E-state index in [4.69, 9.17) is 9.47 Å². The molecular formula is C17H23NO2S. The second-order valence-electron chi connectivity index (χ2n) is 5.00. The van der Waals surface area contributed by atoms with Crippen molar-refractivity contribution in [3.8, 4) is 11.5 Å². The van der Waals surface area contributed by atoms with Gasteiger partial charge in [-0.05, 0) is 50.2 Å². The number of rotatable bonds is 6. The topological polar surface area (TPSA) is 30.5 Å². The summed E-state index contributed by atoms with van der Waals surface area (Å²) in [5.41, 5.74) is 2.43. The summed E-state index contributed by atoms with van der Waals surface area (Å²) in [6.07, 6.45) is 0. The lowest BCUT2D eigenvalue weighted by Gasteiger charge is -2.21. The summed E-state index contributed by atoms with van der Waals surface area (Å²) in [6, 6.07) is 8.31. The predicted octanol–water partition coefficient (Wildman–Crippen LogP) is 4.08. The highest BCUT2D eigenvalue weighted by Gasteiger charge is 2.21. The standard InChI is InChI=1S/C17H23NO2S/c1-6-18-16(17-11(2)9-12(3)21-17)14-10-13(19-4)7-8-15(14)20-5/h7-10,16,18H,6H2,1-5H3. The summed E-state index contributed by atoms with van der Waals surface area (Å²) < 4.78 is 10.9. The largest absolute Gasteiger partial charge is 0.497 e. The lowest BCUT2D eigenvalue weighted by Crippen LogP contribution is -2.22. The lowest BCUT2D eigenvalue weighted by molar-refractivity contribution is 0.394. The molecule has 2 rings (SSSR count). The molecule has 0 aliphatic carbocycles. The molecular weight excluding hydrogens is 282 g/mol. The van der Waals surface area contributed by atoms with E-state index in [9.17, 15) is 0 Å². The Bertz CT molecular complexity index is 607. The fourth-order valence-corrected chi connectivity index (χ4v) is 3.69. The van der Waals surface area contributed by atoms with E-state index >= 15 is 0 Å². The molecule has 1 heterocycles. The van der Waals surface area contributed by atoms with E-state index in [0.29, 0.717) is 0 Å². The lowest BCUT2D eigenvalue weighted by atomic mass is 10.0. The molecule has 0 spiro atoms. The Kier molecular flexibility index (Phi) is 5.26. The zero-order valence-corrected chi connectivity index (χ0v) is 14.1. The molecule has 0 bridgehead atoms. The summed E-state index contributed by atoms with van der Waals surface area (Å²) >= 11 is 1.83. The van der Waals surface area contributed by atoms with Crippen molar-refractivity contribution >= 4 is 11.3 Å². The van der Waals surface area contributed by atoms with Crippen LogP contribution in [0.4, 0.5) is 0 Å². The van der Waals surface area contributed by atoms with Crippen LogP contribution in [0.1, 0.15) is 33.8 Å². The zero-order valence-electron chi connectivity index (χ0n) is 13.3. The Morgan fingerprint density at radius 2 is 1.90 bits per heavy atom. The number of thiophene rings is 1. The molecule has 1 aromatic carbocycles. The summed E-state index contributed by atoms with van der Waals surface area (Å²) in [5.74, 6) is 1.73. The predicted molar refractivity (Wildman–Crippen MR) is 88.9 cm³/mol. The van der Waals surface area contributed by atoms with Gasteiger partial charge in [-0.2, -0.15) is 0 Å². The van der Waals surface area contributed by atoms with Crippen LogP contribution >= 0.6 is 11.3 Å². The molecule has 0 amide bonds. The Labute approximate surface area is 130 Å². The van der Waals surface area contributed by atoms with Crippen molar-refractivity contribution < 1.29 is 9.47 Å². The molecule has 4 heteroatoms. The average Bonchev–Trinajstić information content (AvgIpc) is 2.82. The first-order valence-electron chi connectivity index (χ1n) is 7.13. The van der Waals surface area contributed by atoms with E-state index in [-0.39, 0.29) is 6.04 Å². The van der Waals surface area contributed by atoms with E-state index in [0.717, 1.165) is 23.6 Å². The number of hydrogen-bond donors (Lipinski definition) is 1. The first kappa shape index (κ1) is 15.9. The molecule has 2 aromatic rings. The van der Waals surface area contributed by atoms with Gasteiger partial charge in [0.1, 0.15) is 11.5 Å². The van der Waals surface area contributed by atoms with Crippen molar-refractivity contribution in [2.24, 2.45) is 0 Å². The van der Waals surface area contributed by atoms with Crippen molar-refractivity contribution in [1.82, 2.24) is 5.32 Å². The fraction of sp³-hybridized carbons (Fsp3) is 0.412. The number of benzene rings is 1. The van der Waals surface area contributed by atoms with Crippen LogP contribution in [-0.4, -0.2) is 20.8 Å². The third kappa shape index (κ3) is 3.39. The molecule has 1 N–H and O–H groups in total. The van der Waals surface area contributed by atoms with Crippen LogP contribution in [0.2, 0.25) is 0 Å². The van der Waals surface area contributed by atoms with E-state index in [2.05, 4.69) is 38.2 Å². The first-order chi connectivity index (χ1) is 10.1. The molecule has 1 atom stereocenters. The number of methoxy groups -OCH3 is 2. The van der Waals surface area contributed by atoms with Gasteiger partial charge in [0.2, 0.25) is 0 Å². The van der Waals surface area contributed by atoms with Crippen LogP contribution in [0.5, 0.6) is 11.5 Å². The van der Waals surface area contributed by atoms with Crippen LogP contribution in [0.15, 0.2) is 24.3 Å². The number of ether oxygens (including phenoxy) is 2. The number of nitrogens with one attached hydrogen (secondary N) is 1. The minimum absolute atomic E-state index is 0.124. The van der Waals surface area contributed by atoms with E-state index < -0.39 is 0 Å². The summed E-state index contributed by atoms with van der Waals surface area (Å²) in [6.45, 7) is 7.32. The van der Waals surface area contributed by atoms with Gasteiger partial charge in [-0.3, -0.25) is 0 Å². The minimum Gasteiger partial charge on any atom is -0.497 e. The van der Waals surface area contributed by atoms with Crippen LogP contribution in [0.3, 0.4) is 0 Å². The normalized spacial score (nSPS) is 12.2. The van der Waals surface area contributed by atoms with E-state index in [1.54, 1.807) is 14.2 Å². The molecule has 21 heavy (non-hydrogen) atoms. The highest BCUT2D eigenvalue weighted by Crippen LogP contribution is 2.37. The third-order valence-electron chi connectivity index (χ3n) is 3.50. The van der Waals surface area contributed by atoms with E-state index in [1.807, 2.05) is 23.5 Å². The summed E-state index contributed by atoms with van der Waals surface area (Å²) in [5, 5.41) is 3.57. The molecule has 0 saturated carbocycles. The Morgan fingerprint density at radius 1 is 1.14 bits per heavy atom. The van der Waals surface area contributed by atoms with Crippen LogP contribution < -0.4 is 14.8 Å². The van der Waals surface area contributed by atoms with Gasteiger partial charge in [0.05, 0.1) is 20.3 Å². The second-order valence-corrected chi connectivity index (χ2v) is 6.29. The smallest absolute Gasteiger partial charge is 0.124 e. The number of aryl methyl sites for hydroxylation is 2. The van der Waals surface area contributed by atoms with E-state index in [1.165, 1.54) is 15.3 Å². The van der Waals surface area contributed by atoms with Gasteiger partial charge in [-0.1, -0.05) is 6.92 Å². The van der Waals surface area contributed by atoms with Crippen molar-refractivity contribution in [2.75, 3.05) is 20.8 Å². The molecule has 114 valence electrons.